The lowest BCUT2D eigenvalue weighted by atomic mass is 10.2. The van der Waals surface area contributed by atoms with Crippen LogP contribution in [0.15, 0.2) is 12.1 Å². The molecule has 1 aromatic heterocycles. The zero-order chi connectivity index (χ0) is 9.14. The third kappa shape index (κ3) is 1.39. The number of hydrogen-bond acceptors (Lipinski definition) is 4. The molecule has 3 N–H and O–H groups in total. The van der Waals surface area contributed by atoms with Crippen molar-refractivity contribution in [3.63, 3.8) is 0 Å². The van der Waals surface area contributed by atoms with Gasteiger partial charge in [0, 0.05) is 0 Å². The minimum Gasteiger partial charge on any atom is -0.478 e. The fraction of sp³-hybridized carbons (Fsp3) is 0. The fourth-order valence-electron chi connectivity index (χ4n) is 0.737. The summed E-state index contributed by atoms with van der Waals surface area (Å²) in [6.07, 6.45) is 0.502. The summed E-state index contributed by atoms with van der Waals surface area (Å²) in [6.45, 7) is 0. The van der Waals surface area contributed by atoms with Crippen LogP contribution in [-0.4, -0.2) is 22.3 Å². The van der Waals surface area contributed by atoms with Crippen LogP contribution in [0.1, 0.15) is 20.8 Å². The summed E-state index contributed by atoms with van der Waals surface area (Å²) in [6, 6.07) is 2.54. The van der Waals surface area contributed by atoms with Crippen LogP contribution in [-0.2, 0) is 0 Å². The lowest BCUT2D eigenvalue weighted by molar-refractivity contribution is 0.0697. The van der Waals surface area contributed by atoms with Crippen molar-refractivity contribution in [1.29, 1.82) is 0 Å². The highest BCUT2D eigenvalue weighted by atomic mass is 16.4. The van der Waals surface area contributed by atoms with Crippen molar-refractivity contribution in [1.82, 2.24) is 4.98 Å². The zero-order valence-electron chi connectivity index (χ0n) is 6.02. The fourth-order valence-corrected chi connectivity index (χ4v) is 0.737. The van der Waals surface area contributed by atoms with Crippen LogP contribution >= 0.6 is 0 Å². The maximum atomic E-state index is 10.4. The Morgan fingerprint density at radius 2 is 2.25 bits per heavy atom. The van der Waals surface area contributed by atoms with Gasteiger partial charge in [-0.15, -0.1) is 0 Å². The summed E-state index contributed by atoms with van der Waals surface area (Å²) in [5.74, 6) is -1.30. The van der Waals surface area contributed by atoms with E-state index in [0.717, 1.165) is 0 Å². The minimum atomic E-state index is -1.16. The van der Waals surface area contributed by atoms with Gasteiger partial charge in [0.05, 0.1) is 0 Å². The number of aldehydes is 1. The van der Waals surface area contributed by atoms with Gasteiger partial charge in [0.1, 0.15) is 17.1 Å². The van der Waals surface area contributed by atoms with Crippen LogP contribution in [0, 0.1) is 0 Å². The molecule has 0 spiro atoms. The maximum absolute atomic E-state index is 10.4. The first-order valence-electron chi connectivity index (χ1n) is 3.10. The quantitative estimate of drug-likeness (QED) is 0.611. The molecule has 1 rings (SSSR count). The SMILES string of the molecule is Nc1nc(C=O)ccc1C(=O)O. The van der Waals surface area contributed by atoms with Crippen molar-refractivity contribution in [2.24, 2.45) is 0 Å². The highest BCUT2D eigenvalue weighted by Crippen LogP contribution is 2.08. The largest absolute Gasteiger partial charge is 0.478 e. The highest BCUT2D eigenvalue weighted by molar-refractivity contribution is 5.93. The molecule has 62 valence electrons. The predicted molar refractivity (Wildman–Crippen MR) is 41.0 cm³/mol. The number of aromatic nitrogens is 1. The van der Waals surface area contributed by atoms with E-state index < -0.39 is 5.97 Å². The van der Waals surface area contributed by atoms with E-state index in [2.05, 4.69) is 4.98 Å². The second kappa shape index (κ2) is 3.00. The summed E-state index contributed by atoms with van der Waals surface area (Å²) < 4.78 is 0. The topological polar surface area (TPSA) is 93.3 Å². The third-order valence-electron chi connectivity index (χ3n) is 1.30. The number of aromatic carboxylic acids is 1. The van der Waals surface area contributed by atoms with Crippen molar-refractivity contribution in [3.8, 4) is 0 Å². The zero-order valence-corrected chi connectivity index (χ0v) is 6.02. The summed E-state index contributed by atoms with van der Waals surface area (Å²) in [7, 11) is 0. The second-order valence-electron chi connectivity index (χ2n) is 2.09. The first-order chi connectivity index (χ1) is 5.65. The Hall–Kier alpha value is -1.91. The normalized spacial score (nSPS) is 9.33. The van der Waals surface area contributed by atoms with Crippen LogP contribution < -0.4 is 5.73 Å². The number of nitrogen functional groups attached to an aromatic ring is 1. The Labute approximate surface area is 67.8 Å². The molecule has 0 saturated carbocycles. The van der Waals surface area contributed by atoms with Crippen LogP contribution in [0.25, 0.3) is 0 Å². The van der Waals surface area contributed by atoms with Crippen LogP contribution in [0.5, 0.6) is 0 Å². The van der Waals surface area contributed by atoms with E-state index in [1.54, 1.807) is 0 Å². The molecule has 0 bridgehead atoms. The number of carboxylic acid groups (broad SMARTS) is 1. The van der Waals surface area contributed by atoms with Crippen LogP contribution in [0.3, 0.4) is 0 Å². The van der Waals surface area contributed by atoms with E-state index >= 15 is 0 Å². The van der Waals surface area contributed by atoms with E-state index in [0.29, 0.717) is 6.29 Å². The van der Waals surface area contributed by atoms with Gasteiger partial charge in [-0.25, -0.2) is 9.78 Å². The van der Waals surface area contributed by atoms with Gasteiger partial charge >= 0.3 is 5.97 Å². The highest BCUT2D eigenvalue weighted by Gasteiger charge is 2.08. The number of carbonyl (C=O) groups is 2. The smallest absolute Gasteiger partial charge is 0.339 e. The van der Waals surface area contributed by atoms with Gasteiger partial charge < -0.3 is 10.8 Å². The molecule has 5 nitrogen and oxygen atoms in total. The number of hydrogen-bond donors (Lipinski definition) is 2. The number of nitrogens with zero attached hydrogens (tertiary/aromatic N) is 1. The molecule has 0 aromatic carbocycles. The Bertz CT molecular complexity index is 335. The molecule has 0 fully saturated rings. The molecule has 1 aromatic rings. The van der Waals surface area contributed by atoms with Gasteiger partial charge in [-0.3, -0.25) is 4.79 Å². The number of nitrogens with two attached hydrogens (primary N) is 1. The molecule has 0 aliphatic carbocycles. The monoisotopic (exact) mass is 166 g/mol. The Kier molecular flexibility index (Phi) is 2.05. The van der Waals surface area contributed by atoms with Gasteiger partial charge in [-0.2, -0.15) is 0 Å². The van der Waals surface area contributed by atoms with E-state index in [9.17, 15) is 9.59 Å². The molecule has 5 heteroatoms. The predicted octanol–water partition coefficient (Wildman–Crippen LogP) is 0.175. The van der Waals surface area contributed by atoms with Crippen LogP contribution in [0.4, 0.5) is 5.82 Å². The van der Waals surface area contributed by atoms with Gasteiger partial charge in [-0.05, 0) is 12.1 Å². The number of anilines is 1. The average molecular weight is 166 g/mol. The summed E-state index contributed by atoms with van der Waals surface area (Å²) in [5.41, 5.74) is 5.27. The second-order valence-corrected chi connectivity index (χ2v) is 2.09. The van der Waals surface area contributed by atoms with Crippen molar-refractivity contribution in [2.45, 2.75) is 0 Å². The molecule has 1 heterocycles. The van der Waals surface area contributed by atoms with Gasteiger partial charge in [0.15, 0.2) is 6.29 Å². The molecule has 0 saturated heterocycles. The third-order valence-corrected chi connectivity index (χ3v) is 1.30. The average Bonchev–Trinajstić information content (AvgIpc) is 2.03. The lowest BCUT2D eigenvalue weighted by Gasteiger charge is -1.98. The van der Waals surface area contributed by atoms with Crippen LogP contribution in [0.2, 0.25) is 0 Å². The number of carbonyl (C=O) groups excluding carboxylic acids is 1. The maximum Gasteiger partial charge on any atom is 0.339 e. The number of carboxylic acids is 1. The van der Waals surface area contributed by atoms with Crippen molar-refractivity contribution in [3.05, 3.63) is 23.4 Å². The van der Waals surface area contributed by atoms with E-state index in [1.165, 1.54) is 12.1 Å². The molecule has 0 unspecified atom stereocenters. The number of rotatable bonds is 2. The molecule has 0 aliphatic heterocycles. The summed E-state index contributed by atoms with van der Waals surface area (Å²) in [5, 5.41) is 8.52. The first kappa shape index (κ1) is 8.19. The van der Waals surface area contributed by atoms with E-state index in [4.69, 9.17) is 10.8 Å². The Balaban J connectivity index is 3.20. The van der Waals surface area contributed by atoms with Gasteiger partial charge in [0.25, 0.3) is 0 Å². The molecule has 0 radical (unpaired) electrons. The van der Waals surface area contributed by atoms with Gasteiger partial charge in [0.2, 0.25) is 0 Å². The Morgan fingerprint density at radius 1 is 1.58 bits per heavy atom. The molecule has 12 heavy (non-hydrogen) atoms. The van der Waals surface area contributed by atoms with E-state index in [-0.39, 0.29) is 17.1 Å². The minimum absolute atomic E-state index is 0.0967. The molecule has 0 amide bonds. The molecular formula is C7H6N2O3. The van der Waals surface area contributed by atoms with Crippen molar-refractivity contribution in [2.75, 3.05) is 5.73 Å². The molecule has 0 atom stereocenters. The standard InChI is InChI=1S/C7H6N2O3/c8-6-5(7(11)12)2-1-4(3-10)9-6/h1-3H,(H2,8,9)(H,11,12). The molecular weight excluding hydrogens is 160 g/mol. The van der Waals surface area contributed by atoms with E-state index in [1.807, 2.05) is 0 Å². The summed E-state index contributed by atoms with van der Waals surface area (Å²) >= 11 is 0. The van der Waals surface area contributed by atoms with Crippen molar-refractivity contribution >= 4 is 18.1 Å². The first-order valence-corrected chi connectivity index (χ1v) is 3.10. The Morgan fingerprint density at radius 3 is 2.67 bits per heavy atom. The summed E-state index contributed by atoms with van der Waals surface area (Å²) in [4.78, 5) is 24.1. The molecule has 0 aliphatic rings. The number of pyridine rings is 1. The lowest BCUT2D eigenvalue weighted by Crippen LogP contribution is -2.05. The van der Waals surface area contributed by atoms with Gasteiger partial charge in [-0.1, -0.05) is 0 Å². The van der Waals surface area contributed by atoms with Crippen molar-refractivity contribution < 1.29 is 14.7 Å².